The van der Waals surface area contributed by atoms with Crippen LogP contribution in [0.2, 0.25) is 0 Å². The Kier molecular flexibility index (Phi) is 5.82. The maximum Gasteiger partial charge on any atom is 0.333 e. The Labute approximate surface area is 153 Å². The lowest BCUT2D eigenvalue weighted by Gasteiger charge is -2.14. The van der Waals surface area contributed by atoms with E-state index in [2.05, 4.69) is 11.6 Å². The molecule has 0 unspecified atom stereocenters. The van der Waals surface area contributed by atoms with E-state index in [1.165, 1.54) is 6.20 Å². The molecule has 0 spiro atoms. The number of nitrogens with two attached hydrogens (primary N) is 1. The summed E-state index contributed by atoms with van der Waals surface area (Å²) in [4.78, 5) is 28.7. The van der Waals surface area contributed by atoms with Crippen molar-refractivity contribution in [3.63, 3.8) is 0 Å². The molecule has 1 aromatic rings. The van der Waals surface area contributed by atoms with Crippen molar-refractivity contribution in [1.82, 2.24) is 9.55 Å². The highest BCUT2D eigenvalue weighted by molar-refractivity contribution is 5.71. The summed E-state index contributed by atoms with van der Waals surface area (Å²) >= 11 is 0. The first-order valence-corrected chi connectivity index (χ1v) is 8.48. The van der Waals surface area contributed by atoms with Crippen molar-refractivity contribution in [2.24, 2.45) is 5.73 Å². The molecule has 1 aliphatic rings. The highest BCUT2D eigenvalue weighted by Crippen LogP contribution is 2.22. The average molecular weight is 351 g/mol. The van der Waals surface area contributed by atoms with Gasteiger partial charge in [0.2, 0.25) is 0 Å². The molecule has 1 heterocycles. The Balaban J connectivity index is 2.85. The molecular weight excluding hydrogens is 326 g/mol. The van der Waals surface area contributed by atoms with Crippen molar-refractivity contribution in [3.05, 3.63) is 91.5 Å². The zero-order valence-corrected chi connectivity index (χ0v) is 15.7. The number of hydrogen-bond donors (Lipinski definition) is 2. The zero-order chi connectivity index (χ0) is 19.4. The predicted octanol–water partition coefficient (Wildman–Crippen LogP) is 3.28. The van der Waals surface area contributed by atoms with Crippen molar-refractivity contribution in [2.75, 3.05) is 0 Å². The Bertz CT molecular complexity index is 1010. The Morgan fingerprint density at radius 2 is 2.00 bits per heavy atom. The van der Waals surface area contributed by atoms with Crippen molar-refractivity contribution in [3.8, 4) is 0 Å². The fraction of sp³-hybridized carbons (Fsp3) is 0.238. The van der Waals surface area contributed by atoms with Crippen molar-refractivity contribution < 1.29 is 0 Å². The first-order chi connectivity index (χ1) is 12.3. The number of nitrogens with zero attached hydrogens (tertiary/aromatic N) is 1. The van der Waals surface area contributed by atoms with Crippen LogP contribution in [0.15, 0.2) is 69.0 Å². The van der Waals surface area contributed by atoms with Gasteiger partial charge in [0.25, 0.3) is 5.56 Å². The molecule has 1 aromatic heterocycles. The van der Waals surface area contributed by atoms with Crippen molar-refractivity contribution in [1.29, 1.82) is 0 Å². The number of hydrogen-bond acceptors (Lipinski definition) is 3. The molecule has 136 valence electrons. The molecule has 3 N–H and O–H groups in total. The molecule has 0 aliphatic heterocycles. The first-order valence-electron chi connectivity index (χ1n) is 8.48. The van der Waals surface area contributed by atoms with Crippen LogP contribution in [-0.4, -0.2) is 9.55 Å². The molecule has 26 heavy (non-hydrogen) atoms. The minimum Gasteiger partial charge on any atom is -0.403 e. The van der Waals surface area contributed by atoms with Gasteiger partial charge in [-0.2, -0.15) is 0 Å². The molecule has 0 saturated heterocycles. The Hall–Kier alpha value is -3.08. The SMILES string of the molecule is C=C/C(C)=C(/C=C\C)C(=C/N)\n1c(=O)[nH]c2c(c1=O)C=C(C)C(C)=CC2. The lowest BCUT2D eigenvalue weighted by atomic mass is 10.0. The maximum atomic E-state index is 13.2. The van der Waals surface area contributed by atoms with E-state index in [0.29, 0.717) is 28.9 Å². The quantitative estimate of drug-likeness (QED) is 0.817. The molecule has 0 fully saturated rings. The van der Waals surface area contributed by atoms with Crippen LogP contribution >= 0.6 is 0 Å². The van der Waals surface area contributed by atoms with E-state index < -0.39 is 5.69 Å². The minimum absolute atomic E-state index is 0.328. The molecule has 0 amide bonds. The summed E-state index contributed by atoms with van der Waals surface area (Å²) in [5, 5.41) is 0. The molecule has 0 bridgehead atoms. The maximum absolute atomic E-state index is 13.2. The smallest absolute Gasteiger partial charge is 0.333 e. The fourth-order valence-corrected chi connectivity index (χ4v) is 2.85. The van der Waals surface area contributed by atoms with E-state index >= 15 is 0 Å². The Morgan fingerprint density at radius 1 is 1.31 bits per heavy atom. The third kappa shape index (κ3) is 3.47. The van der Waals surface area contributed by atoms with Gasteiger partial charge in [-0.3, -0.25) is 4.79 Å². The molecule has 0 radical (unpaired) electrons. The minimum atomic E-state index is -0.511. The number of aromatic nitrogens is 2. The van der Waals surface area contributed by atoms with Gasteiger partial charge in [-0.25, -0.2) is 9.36 Å². The summed E-state index contributed by atoms with van der Waals surface area (Å²) in [7, 11) is 0. The van der Waals surface area contributed by atoms with Crippen LogP contribution in [0.3, 0.4) is 0 Å². The second-order valence-electron chi connectivity index (χ2n) is 6.23. The fourth-order valence-electron chi connectivity index (χ4n) is 2.85. The van der Waals surface area contributed by atoms with Gasteiger partial charge in [0.05, 0.1) is 11.3 Å². The molecule has 5 nitrogen and oxygen atoms in total. The van der Waals surface area contributed by atoms with Gasteiger partial charge in [0, 0.05) is 23.9 Å². The molecule has 1 aliphatic carbocycles. The van der Waals surface area contributed by atoms with Crippen LogP contribution in [0.1, 0.15) is 39.0 Å². The summed E-state index contributed by atoms with van der Waals surface area (Å²) in [6.45, 7) is 11.4. The first kappa shape index (κ1) is 19.2. The molecule has 5 heteroatoms. The van der Waals surface area contributed by atoms with Crippen LogP contribution in [0.5, 0.6) is 0 Å². The number of fused-ring (bicyclic) bond motifs is 1. The highest BCUT2D eigenvalue weighted by atomic mass is 16.2. The number of aromatic amines is 1. The van der Waals surface area contributed by atoms with Crippen LogP contribution in [0, 0.1) is 0 Å². The average Bonchev–Trinajstić information content (AvgIpc) is 2.76. The summed E-state index contributed by atoms with van der Waals surface area (Å²) in [6, 6.07) is 0. The standard InChI is InChI=1S/C21H25N3O2/c1-6-8-16(13(3)7-2)19(12-22)24-20(25)17-11-15(5)14(4)9-10-18(17)23-21(24)26/h6-9,11-12H,2,10,22H2,1,3-5H3,(H,23,26)/b8-6-,16-13-,19-12+. The largest absolute Gasteiger partial charge is 0.403 e. The van der Waals surface area contributed by atoms with Gasteiger partial charge >= 0.3 is 5.69 Å². The monoisotopic (exact) mass is 351 g/mol. The van der Waals surface area contributed by atoms with Crippen LogP contribution < -0.4 is 17.0 Å². The third-order valence-corrected chi connectivity index (χ3v) is 4.55. The van der Waals surface area contributed by atoms with Gasteiger partial charge in [-0.1, -0.05) is 36.5 Å². The van der Waals surface area contributed by atoms with E-state index in [-0.39, 0.29) is 5.56 Å². The summed E-state index contributed by atoms with van der Waals surface area (Å²) in [6.07, 6.45) is 10.9. The van der Waals surface area contributed by atoms with E-state index in [0.717, 1.165) is 21.3 Å². The lowest BCUT2D eigenvalue weighted by molar-refractivity contribution is 0.855. The second kappa shape index (κ2) is 7.87. The van der Waals surface area contributed by atoms with Gasteiger partial charge in [0.1, 0.15) is 0 Å². The lowest BCUT2D eigenvalue weighted by Crippen LogP contribution is -2.38. The van der Waals surface area contributed by atoms with Crippen LogP contribution in [0.25, 0.3) is 11.8 Å². The van der Waals surface area contributed by atoms with E-state index in [1.807, 2.05) is 45.9 Å². The third-order valence-electron chi connectivity index (χ3n) is 4.55. The topological polar surface area (TPSA) is 80.9 Å². The zero-order valence-electron chi connectivity index (χ0n) is 15.7. The summed E-state index contributed by atoms with van der Waals surface area (Å²) < 4.78 is 1.09. The van der Waals surface area contributed by atoms with Crippen molar-refractivity contribution >= 4 is 11.8 Å². The van der Waals surface area contributed by atoms with Gasteiger partial charge in [-0.05, 0) is 44.9 Å². The van der Waals surface area contributed by atoms with Crippen molar-refractivity contribution in [2.45, 2.75) is 34.1 Å². The van der Waals surface area contributed by atoms with E-state index in [9.17, 15) is 9.59 Å². The van der Waals surface area contributed by atoms with Crippen LogP contribution in [-0.2, 0) is 6.42 Å². The molecule has 0 atom stereocenters. The van der Waals surface area contributed by atoms with E-state index in [4.69, 9.17) is 5.73 Å². The van der Waals surface area contributed by atoms with Crippen LogP contribution in [0.4, 0.5) is 0 Å². The Morgan fingerprint density at radius 3 is 2.58 bits per heavy atom. The molecule has 0 aromatic carbocycles. The number of H-pyrrole nitrogens is 1. The molecule has 0 saturated carbocycles. The number of nitrogens with one attached hydrogen (secondary N) is 1. The predicted molar refractivity (Wildman–Crippen MR) is 109 cm³/mol. The van der Waals surface area contributed by atoms with Gasteiger partial charge < -0.3 is 10.7 Å². The second-order valence-corrected chi connectivity index (χ2v) is 6.23. The van der Waals surface area contributed by atoms with Gasteiger partial charge in [0.15, 0.2) is 0 Å². The molecule has 2 rings (SSSR count). The number of rotatable bonds is 4. The normalized spacial score (nSPS) is 15.8. The summed E-state index contributed by atoms with van der Waals surface area (Å²) in [5.74, 6) is 0. The van der Waals surface area contributed by atoms with Gasteiger partial charge in [-0.15, -0.1) is 0 Å². The number of allylic oxidation sites excluding steroid dienone is 9. The highest BCUT2D eigenvalue weighted by Gasteiger charge is 2.18. The summed E-state index contributed by atoms with van der Waals surface area (Å²) in [5.41, 5.74) is 9.89. The molecular formula is C21H25N3O2. The van der Waals surface area contributed by atoms with E-state index in [1.54, 1.807) is 12.2 Å².